The molecule has 0 saturated carbocycles. The summed E-state index contributed by atoms with van der Waals surface area (Å²) in [6, 6.07) is 9.96. The first-order chi connectivity index (χ1) is 9.83. The van der Waals surface area contributed by atoms with Crippen molar-refractivity contribution in [3.05, 3.63) is 53.7 Å². The van der Waals surface area contributed by atoms with Gasteiger partial charge >= 0.3 is 0 Å². The van der Waals surface area contributed by atoms with Gasteiger partial charge in [0.2, 0.25) is 4.77 Å². The molecule has 20 heavy (non-hydrogen) atoms. The predicted octanol–water partition coefficient (Wildman–Crippen LogP) is 3.76. The van der Waals surface area contributed by atoms with Gasteiger partial charge in [-0.05, 0) is 24.4 Å². The summed E-state index contributed by atoms with van der Waals surface area (Å²) >= 11 is 6.97. The normalized spacial score (nSPS) is 11.2. The summed E-state index contributed by atoms with van der Waals surface area (Å²) in [5.41, 5.74) is 2.65. The number of aromatic nitrogens is 4. The molecule has 0 aliphatic carbocycles. The van der Waals surface area contributed by atoms with Gasteiger partial charge in [-0.3, -0.25) is 4.57 Å². The summed E-state index contributed by atoms with van der Waals surface area (Å²) in [6.07, 6.45) is 5.38. The zero-order valence-electron chi connectivity index (χ0n) is 10.2. The van der Waals surface area contributed by atoms with Crippen LogP contribution in [0.25, 0.3) is 26.3 Å². The van der Waals surface area contributed by atoms with E-state index >= 15 is 0 Å². The third kappa shape index (κ3) is 1.73. The standard InChI is InChI=1S/C14H8N4S2/c19-14-17-11-10(20-13-12(11)15-6-7-16-13)8-18(14)9-4-2-1-3-5-9/h1-8H. The number of benzene rings is 1. The molecule has 0 unspecified atom stereocenters. The average Bonchev–Trinajstić information content (AvgIpc) is 2.85. The molecular weight excluding hydrogens is 288 g/mol. The minimum Gasteiger partial charge on any atom is -0.291 e. The Hall–Kier alpha value is -2.18. The van der Waals surface area contributed by atoms with Crippen LogP contribution in [0.15, 0.2) is 48.9 Å². The third-order valence-corrected chi connectivity index (χ3v) is 4.32. The molecule has 0 aliphatic rings. The first kappa shape index (κ1) is 11.6. The van der Waals surface area contributed by atoms with Gasteiger partial charge in [0.05, 0.1) is 4.70 Å². The molecule has 3 heterocycles. The lowest BCUT2D eigenvalue weighted by Gasteiger charge is -2.05. The second-order valence-corrected chi connectivity index (χ2v) is 5.65. The molecule has 0 fully saturated rings. The summed E-state index contributed by atoms with van der Waals surface area (Å²) in [5, 5.41) is 0. The van der Waals surface area contributed by atoms with E-state index in [2.05, 4.69) is 15.0 Å². The van der Waals surface area contributed by atoms with E-state index in [1.54, 1.807) is 23.7 Å². The highest BCUT2D eigenvalue weighted by molar-refractivity contribution is 7.71. The molecule has 0 spiro atoms. The SMILES string of the molecule is S=c1nc2c(cn1-c1ccccc1)sc1nccnc12. The quantitative estimate of drug-likeness (QED) is 0.502. The number of nitrogens with zero attached hydrogens (tertiary/aromatic N) is 4. The molecule has 0 aliphatic heterocycles. The number of para-hydroxylation sites is 1. The number of hydrogen-bond donors (Lipinski definition) is 0. The van der Waals surface area contributed by atoms with Gasteiger partial charge in [0.15, 0.2) is 0 Å². The van der Waals surface area contributed by atoms with Gasteiger partial charge in [0.25, 0.3) is 0 Å². The summed E-state index contributed by atoms with van der Waals surface area (Å²) in [5.74, 6) is 0. The first-order valence-corrected chi connectivity index (χ1v) is 7.24. The maximum absolute atomic E-state index is 5.40. The number of thiophene rings is 1. The second-order valence-electron chi connectivity index (χ2n) is 4.25. The molecule has 0 N–H and O–H groups in total. The van der Waals surface area contributed by atoms with Crippen molar-refractivity contribution in [2.75, 3.05) is 0 Å². The van der Waals surface area contributed by atoms with Gasteiger partial charge in [-0.2, -0.15) is 0 Å². The van der Waals surface area contributed by atoms with Crippen LogP contribution in [0.5, 0.6) is 0 Å². The molecule has 0 radical (unpaired) electrons. The molecule has 1 aromatic carbocycles. The van der Waals surface area contributed by atoms with Crippen LogP contribution in [0.1, 0.15) is 0 Å². The van der Waals surface area contributed by atoms with Crippen molar-refractivity contribution in [2.45, 2.75) is 0 Å². The Morgan fingerprint density at radius 1 is 1.00 bits per heavy atom. The summed E-state index contributed by atoms with van der Waals surface area (Å²) in [6.45, 7) is 0. The molecule has 0 amide bonds. The Balaban J connectivity index is 2.08. The Morgan fingerprint density at radius 3 is 2.65 bits per heavy atom. The molecule has 96 valence electrons. The highest BCUT2D eigenvalue weighted by Gasteiger charge is 2.10. The average molecular weight is 296 g/mol. The van der Waals surface area contributed by atoms with E-state index in [-0.39, 0.29) is 0 Å². The summed E-state index contributed by atoms with van der Waals surface area (Å²) in [7, 11) is 0. The lowest BCUT2D eigenvalue weighted by Crippen LogP contribution is -1.98. The number of fused-ring (bicyclic) bond motifs is 3. The van der Waals surface area contributed by atoms with Crippen molar-refractivity contribution >= 4 is 44.1 Å². The lowest BCUT2D eigenvalue weighted by molar-refractivity contribution is 0.985. The van der Waals surface area contributed by atoms with Crippen LogP contribution >= 0.6 is 23.6 Å². The maximum atomic E-state index is 5.40. The van der Waals surface area contributed by atoms with Crippen molar-refractivity contribution in [2.24, 2.45) is 0 Å². The van der Waals surface area contributed by atoms with E-state index in [4.69, 9.17) is 12.2 Å². The monoisotopic (exact) mass is 296 g/mol. The van der Waals surface area contributed by atoms with Crippen LogP contribution in [-0.2, 0) is 0 Å². The fraction of sp³-hybridized carbons (Fsp3) is 0. The van der Waals surface area contributed by atoms with Crippen LogP contribution in [-0.4, -0.2) is 19.5 Å². The van der Waals surface area contributed by atoms with Gasteiger partial charge in [-0.1, -0.05) is 18.2 Å². The Kier molecular flexibility index (Phi) is 2.58. The van der Waals surface area contributed by atoms with Gasteiger partial charge in [-0.15, -0.1) is 11.3 Å². The summed E-state index contributed by atoms with van der Waals surface area (Å²) < 4.78 is 3.46. The van der Waals surface area contributed by atoms with Gasteiger partial charge in [0.1, 0.15) is 15.9 Å². The Labute approximate surface area is 123 Å². The third-order valence-electron chi connectivity index (χ3n) is 3.02. The molecule has 3 aromatic heterocycles. The van der Waals surface area contributed by atoms with Crippen molar-refractivity contribution in [1.29, 1.82) is 0 Å². The van der Waals surface area contributed by atoms with Gasteiger partial charge < -0.3 is 0 Å². The highest BCUT2D eigenvalue weighted by Crippen LogP contribution is 2.29. The van der Waals surface area contributed by atoms with E-state index < -0.39 is 0 Å². The lowest BCUT2D eigenvalue weighted by atomic mass is 10.3. The molecule has 6 heteroatoms. The van der Waals surface area contributed by atoms with Crippen LogP contribution in [0.4, 0.5) is 0 Å². The largest absolute Gasteiger partial charge is 0.291 e. The maximum Gasteiger partial charge on any atom is 0.204 e. The molecule has 4 rings (SSSR count). The Bertz CT molecular complexity index is 973. The van der Waals surface area contributed by atoms with Crippen molar-refractivity contribution in [3.63, 3.8) is 0 Å². The fourth-order valence-corrected chi connectivity index (χ4v) is 3.34. The zero-order chi connectivity index (χ0) is 13.5. The van der Waals surface area contributed by atoms with Crippen LogP contribution in [0, 0.1) is 4.77 Å². The zero-order valence-corrected chi connectivity index (χ0v) is 11.9. The van der Waals surface area contributed by atoms with E-state index in [0.29, 0.717) is 4.77 Å². The number of hydrogen-bond acceptors (Lipinski definition) is 5. The van der Waals surface area contributed by atoms with Crippen LogP contribution < -0.4 is 0 Å². The molecule has 4 aromatic rings. The Morgan fingerprint density at radius 2 is 1.80 bits per heavy atom. The smallest absolute Gasteiger partial charge is 0.204 e. The number of rotatable bonds is 1. The van der Waals surface area contributed by atoms with Crippen molar-refractivity contribution < 1.29 is 0 Å². The predicted molar refractivity (Wildman–Crippen MR) is 82.9 cm³/mol. The van der Waals surface area contributed by atoms with Crippen LogP contribution in [0.3, 0.4) is 0 Å². The summed E-state index contributed by atoms with van der Waals surface area (Å²) in [4.78, 5) is 14.1. The van der Waals surface area contributed by atoms with Gasteiger partial charge in [0, 0.05) is 24.3 Å². The van der Waals surface area contributed by atoms with Crippen LogP contribution in [0.2, 0.25) is 0 Å². The van der Waals surface area contributed by atoms with Crippen molar-refractivity contribution in [1.82, 2.24) is 19.5 Å². The second kappa shape index (κ2) is 4.43. The van der Waals surface area contributed by atoms with Gasteiger partial charge in [-0.25, -0.2) is 15.0 Å². The van der Waals surface area contributed by atoms with E-state index in [0.717, 1.165) is 26.3 Å². The van der Waals surface area contributed by atoms with Crippen molar-refractivity contribution in [3.8, 4) is 5.69 Å². The minimum absolute atomic E-state index is 0.522. The fourth-order valence-electron chi connectivity index (χ4n) is 2.12. The molecule has 0 atom stereocenters. The first-order valence-electron chi connectivity index (χ1n) is 6.01. The molecular formula is C14H8N4S2. The van der Waals surface area contributed by atoms with E-state index in [9.17, 15) is 0 Å². The highest BCUT2D eigenvalue weighted by atomic mass is 32.1. The molecule has 0 saturated heterocycles. The molecule has 0 bridgehead atoms. The van der Waals surface area contributed by atoms with E-state index in [1.807, 2.05) is 41.1 Å². The topological polar surface area (TPSA) is 43.6 Å². The molecule has 4 nitrogen and oxygen atoms in total. The minimum atomic E-state index is 0.522. The van der Waals surface area contributed by atoms with E-state index in [1.165, 1.54) is 0 Å².